The molecule has 0 radical (unpaired) electrons. The van der Waals surface area contributed by atoms with Gasteiger partial charge in [-0.15, -0.1) is 10.2 Å². The standard InChI is InChI=1S/C21H23FN4O2S2/c1-13-9-18(14(2)26(13)11-17-7-4-8-28-17)19(27)12-29-21-25-24-20(30-21)23-16-6-3-5-15(22)10-16/h3,5-6,9-10,17H,4,7-8,11-12H2,1-2H3,(H,23,24)/t17-/m0/s1. The summed E-state index contributed by atoms with van der Waals surface area (Å²) < 4.78 is 21.9. The van der Waals surface area contributed by atoms with Gasteiger partial charge in [-0.25, -0.2) is 4.39 Å². The number of aryl methyl sites for hydroxylation is 1. The molecule has 9 heteroatoms. The molecule has 0 spiro atoms. The molecule has 158 valence electrons. The molecule has 1 fully saturated rings. The van der Waals surface area contributed by atoms with Gasteiger partial charge in [-0.1, -0.05) is 29.2 Å². The van der Waals surface area contributed by atoms with E-state index >= 15 is 0 Å². The number of aromatic nitrogens is 3. The fourth-order valence-electron chi connectivity index (χ4n) is 3.57. The average Bonchev–Trinajstić information content (AvgIpc) is 3.44. The van der Waals surface area contributed by atoms with Crippen molar-refractivity contribution in [2.24, 2.45) is 0 Å². The lowest BCUT2D eigenvalue weighted by Gasteiger charge is -2.14. The van der Waals surface area contributed by atoms with E-state index in [0.717, 1.165) is 42.9 Å². The third kappa shape index (κ3) is 4.91. The lowest BCUT2D eigenvalue weighted by atomic mass is 10.2. The number of nitrogens with one attached hydrogen (secondary N) is 1. The van der Waals surface area contributed by atoms with Crippen LogP contribution in [0.5, 0.6) is 0 Å². The Labute approximate surface area is 182 Å². The monoisotopic (exact) mass is 446 g/mol. The van der Waals surface area contributed by atoms with E-state index in [4.69, 9.17) is 4.74 Å². The summed E-state index contributed by atoms with van der Waals surface area (Å²) in [4.78, 5) is 12.8. The van der Waals surface area contributed by atoms with Crippen LogP contribution in [0.3, 0.4) is 0 Å². The van der Waals surface area contributed by atoms with Gasteiger partial charge in [0.15, 0.2) is 10.1 Å². The topological polar surface area (TPSA) is 69.0 Å². The van der Waals surface area contributed by atoms with Gasteiger partial charge in [0.2, 0.25) is 5.13 Å². The first kappa shape index (κ1) is 21.0. The number of hydrogen-bond donors (Lipinski definition) is 1. The summed E-state index contributed by atoms with van der Waals surface area (Å²) in [6.07, 6.45) is 2.40. The van der Waals surface area contributed by atoms with Crippen LogP contribution in [-0.2, 0) is 11.3 Å². The van der Waals surface area contributed by atoms with Crippen molar-refractivity contribution in [3.8, 4) is 0 Å². The third-order valence-corrected chi connectivity index (χ3v) is 7.07. The second-order valence-corrected chi connectivity index (χ2v) is 9.45. The zero-order valence-electron chi connectivity index (χ0n) is 16.9. The minimum atomic E-state index is -0.318. The third-order valence-electron chi connectivity index (χ3n) is 5.09. The number of carbonyl (C=O) groups is 1. The predicted octanol–water partition coefficient (Wildman–Crippen LogP) is 4.99. The molecule has 1 aliphatic heterocycles. The number of anilines is 2. The molecule has 0 unspecified atom stereocenters. The molecule has 1 atom stereocenters. The van der Waals surface area contributed by atoms with Crippen LogP contribution >= 0.6 is 23.1 Å². The summed E-state index contributed by atoms with van der Waals surface area (Å²) in [7, 11) is 0. The molecular formula is C21H23FN4O2S2. The van der Waals surface area contributed by atoms with Crippen molar-refractivity contribution in [3.05, 3.63) is 53.1 Å². The Morgan fingerprint density at radius 1 is 1.37 bits per heavy atom. The zero-order chi connectivity index (χ0) is 21.1. The molecule has 3 aromatic rings. The highest BCUT2D eigenvalue weighted by atomic mass is 32.2. The molecule has 0 bridgehead atoms. The summed E-state index contributed by atoms with van der Waals surface area (Å²) in [6, 6.07) is 8.12. The van der Waals surface area contributed by atoms with Gasteiger partial charge in [0.05, 0.1) is 11.9 Å². The van der Waals surface area contributed by atoms with E-state index < -0.39 is 0 Å². The van der Waals surface area contributed by atoms with E-state index in [9.17, 15) is 9.18 Å². The number of rotatable bonds is 8. The Kier molecular flexibility index (Phi) is 6.50. The first-order chi connectivity index (χ1) is 14.5. The Morgan fingerprint density at radius 2 is 2.23 bits per heavy atom. The normalized spacial score (nSPS) is 16.2. The Hall–Kier alpha value is -2.23. The highest BCUT2D eigenvalue weighted by Crippen LogP contribution is 2.29. The largest absolute Gasteiger partial charge is 0.376 e. The van der Waals surface area contributed by atoms with Crippen molar-refractivity contribution in [2.75, 3.05) is 17.7 Å². The van der Waals surface area contributed by atoms with Gasteiger partial charge in [0.25, 0.3) is 0 Å². The lowest BCUT2D eigenvalue weighted by molar-refractivity contribution is 0.0957. The molecule has 6 nitrogen and oxygen atoms in total. The quantitative estimate of drug-likeness (QED) is 0.388. The smallest absolute Gasteiger partial charge is 0.210 e. The van der Waals surface area contributed by atoms with E-state index in [1.54, 1.807) is 12.1 Å². The van der Waals surface area contributed by atoms with E-state index in [2.05, 4.69) is 20.1 Å². The van der Waals surface area contributed by atoms with Gasteiger partial charge in [0, 0.05) is 35.8 Å². The minimum absolute atomic E-state index is 0.0709. The maximum atomic E-state index is 13.3. The van der Waals surface area contributed by atoms with E-state index in [0.29, 0.717) is 20.9 Å². The van der Waals surface area contributed by atoms with Gasteiger partial charge in [-0.3, -0.25) is 4.79 Å². The molecule has 1 aliphatic rings. The van der Waals surface area contributed by atoms with Gasteiger partial charge in [-0.05, 0) is 51.0 Å². The highest BCUT2D eigenvalue weighted by molar-refractivity contribution is 8.01. The summed E-state index contributed by atoms with van der Waals surface area (Å²) >= 11 is 2.70. The molecule has 1 saturated heterocycles. The number of ketones is 1. The Balaban J connectivity index is 1.36. The van der Waals surface area contributed by atoms with Crippen LogP contribution in [0.15, 0.2) is 34.7 Å². The first-order valence-corrected chi connectivity index (χ1v) is 11.6. The zero-order valence-corrected chi connectivity index (χ0v) is 18.5. The van der Waals surface area contributed by atoms with Crippen LogP contribution in [0, 0.1) is 19.7 Å². The maximum Gasteiger partial charge on any atom is 0.210 e. The Bertz CT molecular complexity index is 1040. The number of thioether (sulfide) groups is 1. The summed E-state index contributed by atoms with van der Waals surface area (Å²) in [5.41, 5.74) is 3.42. The fourth-order valence-corrected chi connectivity index (χ4v) is 5.23. The van der Waals surface area contributed by atoms with E-state index in [-0.39, 0.29) is 17.7 Å². The number of nitrogens with zero attached hydrogens (tertiary/aromatic N) is 3. The summed E-state index contributed by atoms with van der Waals surface area (Å²) in [5, 5.41) is 11.8. The molecule has 0 saturated carbocycles. The van der Waals surface area contributed by atoms with Crippen molar-refractivity contribution >= 4 is 39.7 Å². The Morgan fingerprint density at radius 3 is 3.00 bits per heavy atom. The first-order valence-electron chi connectivity index (χ1n) is 9.80. The molecule has 1 N–H and O–H groups in total. The van der Waals surface area contributed by atoms with Gasteiger partial charge in [0.1, 0.15) is 5.82 Å². The molecule has 2 aromatic heterocycles. The average molecular weight is 447 g/mol. The van der Waals surface area contributed by atoms with E-state index in [1.165, 1.54) is 35.2 Å². The maximum absolute atomic E-state index is 13.3. The number of benzene rings is 1. The van der Waals surface area contributed by atoms with Crippen LogP contribution in [0.1, 0.15) is 34.6 Å². The summed E-state index contributed by atoms with van der Waals surface area (Å²) in [5.74, 6) is 0.0436. The van der Waals surface area contributed by atoms with Crippen molar-refractivity contribution in [1.29, 1.82) is 0 Å². The SMILES string of the molecule is Cc1cc(C(=O)CSc2nnc(Nc3cccc(F)c3)s2)c(C)n1C[C@@H]1CCCO1. The lowest BCUT2D eigenvalue weighted by Crippen LogP contribution is -2.17. The van der Waals surface area contributed by atoms with Crippen LogP contribution in [-0.4, -0.2) is 39.0 Å². The van der Waals surface area contributed by atoms with Crippen LogP contribution in [0.4, 0.5) is 15.2 Å². The number of hydrogen-bond acceptors (Lipinski definition) is 7. The highest BCUT2D eigenvalue weighted by Gasteiger charge is 2.21. The predicted molar refractivity (Wildman–Crippen MR) is 118 cm³/mol. The molecule has 0 amide bonds. The number of carbonyl (C=O) groups excluding carboxylic acids is 1. The molecule has 0 aliphatic carbocycles. The summed E-state index contributed by atoms with van der Waals surface area (Å²) in [6.45, 7) is 5.64. The van der Waals surface area contributed by atoms with Crippen LogP contribution in [0.25, 0.3) is 0 Å². The van der Waals surface area contributed by atoms with Gasteiger partial charge >= 0.3 is 0 Å². The van der Waals surface area contributed by atoms with Crippen LogP contribution in [0.2, 0.25) is 0 Å². The van der Waals surface area contributed by atoms with Gasteiger partial charge < -0.3 is 14.6 Å². The van der Waals surface area contributed by atoms with E-state index in [1.807, 2.05) is 19.9 Å². The second-order valence-electron chi connectivity index (χ2n) is 7.25. The number of ether oxygens (including phenoxy) is 1. The van der Waals surface area contributed by atoms with Crippen molar-refractivity contribution in [1.82, 2.24) is 14.8 Å². The van der Waals surface area contributed by atoms with Gasteiger partial charge in [-0.2, -0.15) is 0 Å². The van der Waals surface area contributed by atoms with Crippen molar-refractivity contribution < 1.29 is 13.9 Å². The molecule has 1 aromatic carbocycles. The number of Topliss-reactive ketones (excluding diaryl/α,β-unsaturated/α-hetero) is 1. The minimum Gasteiger partial charge on any atom is -0.376 e. The van der Waals surface area contributed by atoms with Crippen LogP contribution < -0.4 is 5.32 Å². The molecular weight excluding hydrogens is 423 g/mol. The second kappa shape index (κ2) is 9.28. The fraction of sp³-hybridized carbons (Fsp3) is 0.381. The molecule has 4 rings (SSSR count). The molecule has 30 heavy (non-hydrogen) atoms. The van der Waals surface area contributed by atoms with Crippen molar-refractivity contribution in [2.45, 2.75) is 43.7 Å². The van der Waals surface area contributed by atoms with Crippen molar-refractivity contribution in [3.63, 3.8) is 0 Å². The number of halogens is 1. The molecule has 3 heterocycles.